The Morgan fingerprint density at radius 3 is 2.75 bits per heavy atom. The number of carbonyl (C=O) groups is 2. The molecule has 0 saturated heterocycles. The molecule has 2 aromatic heterocycles. The number of nitrogens with one attached hydrogen (secondary N) is 2. The summed E-state index contributed by atoms with van der Waals surface area (Å²) in [5, 5.41) is 13.7. The van der Waals surface area contributed by atoms with Crippen LogP contribution in [-0.2, 0) is 19.9 Å². The van der Waals surface area contributed by atoms with Crippen molar-refractivity contribution in [1.82, 2.24) is 20.3 Å². The Kier molecular flexibility index (Phi) is 5.58. The largest absolute Gasteiger partial charge is 0.360 e. The molecule has 2 amide bonds. The first-order valence-electron chi connectivity index (χ1n) is 9.81. The number of fused-ring (bicyclic) bond motifs is 1. The van der Waals surface area contributed by atoms with Crippen molar-refractivity contribution in [3.8, 4) is 0 Å². The topological polar surface area (TPSA) is 102 Å². The lowest BCUT2D eigenvalue weighted by atomic mass is 9.71. The molecule has 3 rings (SSSR count). The van der Waals surface area contributed by atoms with E-state index in [-0.39, 0.29) is 17.2 Å². The SMILES string of the molecule is CCCNC(=O)c1c(NC(=O)c2noc3c2CC(C(C)(C)C)CC3)cnn1C. The van der Waals surface area contributed by atoms with Crippen LogP contribution >= 0.6 is 0 Å². The lowest BCUT2D eigenvalue weighted by molar-refractivity contribution is 0.0945. The Balaban J connectivity index is 1.81. The number of rotatable bonds is 5. The number of aromatic nitrogens is 3. The maximum absolute atomic E-state index is 12.9. The van der Waals surface area contributed by atoms with Gasteiger partial charge in [-0.15, -0.1) is 0 Å². The van der Waals surface area contributed by atoms with Crippen LogP contribution in [0, 0.1) is 11.3 Å². The van der Waals surface area contributed by atoms with Crippen LogP contribution in [0.25, 0.3) is 0 Å². The number of anilines is 1. The molecule has 2 N–H and O–H groups in total. The molecule has 8 heteroatoms. The molecule has 1 aliphatic carbocycles. The molecule has 1 unspecified atom stereocenters. The second-order valence-corrected chi connectivity index (χ2v) is 8.48. The van der Waals surface area contributed by atoms with Crippen LogP contribution in [0.2, 0.25) is 0 Å². The zero-order chi connectivity index (χ0) is 20.5. The molecular formula is C20H29N5O3. The minimum atomic E-state index is -0.378. The van der Waals surface area contributed by atoms with E-state index in [0.29, 0.717) is 29.5 Å². The molecule has 1 aliphatic rings. The predicted molar refractivity (Wildman–Crippen MR) is 105 cm³/mol. The van der Waals surface area contributed by atoms with Gasteiger partial charge in [-0.2, -0.15) is 5.10 Å². The van der Waals surface area contributed by atoms with Crippen LogP contribution in [-0.4, -0.2) is 33.3 Å². The zero-order valence-corrected chi connectivity index (χ0v) is 17.3. The minimum absolute atomic E-state index is 0.149. The van der Waals surface area contributed by atoms with Gasteiger partial charge in [0.05, 0.1) is 11.9 Å². The number of aryl methyl sites for hydroxylation is 2. The van der Waals surface area contributed by atoms with Crippen molar-refractivity contribution < 1.29 is 14.1 Å². The van der Waals surface area contributed by atoms with E-state index in [9.17, 15) is 9.59 Å². The van der Waals surface area contributed by atoms with Crippen LogP contribution in [0.3, 0.4) is 0 Å². The van der Waals surface area contributed by atoms with Crippen LogP contribution < -0.4 is 10.6 Å². The lowest BCUT2D eigenvalue weighted by Crippen LogP contribution is -2.29. The second-order valence-electron chi connectivity index (χ2n) is 8.48. The summed E-state index contributed by atoms with van der Waals surface area (Å²) in [7, 11) is 1.67. The summed E-state index contributed by atoms with van der Waals surface area (Å²) in [5.74, 6) is 0.599. The van der Waals surface area contributed by atoms with Gasteiger partial charge in [0.25, 0.3) is 11.8 Å². The number of hydrogen-bond donors (Lipinski definition) is 2. The summed E-state index contributed by atoms with van der Waals surface area (Å²) in [6, 6.07) is 0. The van der Waals surface area contributed by atoms with Crippen molar-refractivity contribution >= 4 is 17.5 Å². The summed E-state index contributed by atoms with van der Waals surface area (Å²) in [4.78, 5) is 25.3. The third kappa shape index (κ3) is 3.95. The Bertz CT molecular complexity index is 875. The van der Waals surface area contributed by atoms with E-state index in [1.54, 1.807) is 7.05 Å². The molecule has 0 radical (unpaired) electrons. The monoisotopic (exact) mass is 387 g/mol. The number of nitrogens with zero attached hydrogens (tertiary/aromatic N) is 3. The van der Waals surface area contributed by atoms with Crippen molar-refractivity contribution in [1.29, 1.82) is 0 Å². The lowest BCUT2D eigenvalue weighted by Gasteiger charge is -2.33. The first-order valence-corrected chi connectivity index (χ1v) is 9.81. The number of hydrogen-bond acceptors (Lipinski definition) is 5. The quantitative estimate of drug-likeness (QED) is 0.821. The average molecular weight is 387 g/mol. The standard InChI is InChI=1S/C20H29N5O3/c1-6-9-21-19(27)17-14(11-22-25(17)5)23-18(26)16-13-10-12(20(2,3)4)7-8-15(13)28-24-16/h11-12H,6-10H2,1-5H3,(H,21,27)(H,23,26). The van der Waals surface area contributed by atoms with Gasteiger partial charge in [-0.25, -0.2) is 0 Å². The Hall–Kier alpha value is -2.64. The first-order chi connectivity index (χ1) is 13.2. The van der Waals surface area contributed by atoms with Crippen molar-refractivity contribution in [3.05, 3.63) is 28.9 Å². The summed E-state index contributed by atoms with van der Waals surface area (Å²) < 4.78 is 6.88. The van der Waals surface area contributed by atoms with Crippen LogP contribution in [0.15, 0.2) is 10.7 Å². The molecule has 2 heterocycles. The Morgan fingerprint density at radius 1 is 1.32 bits per heavy atom. The van der Waals surface area contributed by atoms with Gasteiger partial charge in [-0.1, -0.05) is 32.9 Å². The Labute approximate surface area is 165 Å². The predicted octanol–water partition coefficient (Wildman–Crippen LogP) is 2.95. The van der Waals surface area contributed by atoms with Crippen molar-refractivity contribution in [3.63, 3.8) is 0 Å². The van der Waals surface area contributed by atoms with Gasteiger partial charge >= 0.3 is 0 Å². The molecule has 28 heavy (non-hydrogen) atoms. The van der Waals surface area contributed by atoms with Gasteiger partial charge in [0.15, 0.2) is 5.69 Å². The summed E-state index contributed by atoms with van der Waals surface area (Å²) >= 11 is 0. The molecule has 1 atom stereocenters. The van der Waals surface area contributed by atoms with E-state index in [1.165, 1.54) is 10.9 Å². The molecule has 0 fully saturated rings. The highest BCUT2D eigenvalue weighted by Crippen LogP contribution is 2.38. The van der Waals surface area contributed by atoms with E-state index in [2.05, 4.69) is 41.7 Å². The molecule has 152 valence electrons. The van der Waals surface area contributed by atoms with Crippen molar-refractivity contribution in [2.24, 2.45) is 18.4 Å². The van der Waals surface area contributed by atoms with Gasteiger partial charge < -0.3 is 15.2 Å². The van der Waals surface area contributed by atoms with E-state index < -0.39 is 0 Å². The molecule has 0 spiro atoms. The van der Waals surface area contributed by atoms with E-state index in [4.69, 9.17) is 4.52 Å². The second kappa shape index (κ2) is 7.77. The van der Waals surface area contributed by atoms with Crippen LogP contribution in [0.4, 0.5) is 5.69 Å². The molecule has 0 bridgehead atoms. The van der Waals surface area contributed by atoms with E-state index >= 15 is 0 Å². The highest BCUT2D eigenvalue weighted by atomic mass is 16.5. The van der Waals surface area contributed by atoms with Gasteiger partial charge in [-0.3, -0.25) is 14.3 Å². The molecular weight excluding hydrogens is 358 g/mol. The normalized spacial score (nSPS) is 16.5. The fourth-order valence-corrected chi connectivity index (χ4v) is 3.62. The van der Waals surface area contributed by atoms with E-state index in [1.807, 2.05) is 6.92 Å². The van der Waals surface area contributed by atoms with Crippen LogP contribution in [0.1, 0.15) is 72.8 Å². The van der Waals surface area contributed by atoms with Gasteiger partial charge in [0.1, 0.15) is 11.5 Å². The number of carbonyl (C=O) groups excluding carboxylic acids is 2. The molecule has 2 aromatic rings. The van der Waals surface area contributed by atoms with Crippen molar-refractivity contribution in [2.45, 2.75) is 53.4 Å². The van der Waals surface area contributed by atoms with Gasteiger partial charge in [-0.05, 0) is 30.6 Å². The number of amides is 2. The van der Waals surface area contributed by atoms with Crippen LogP contribution in [0.5, 0.6) is 0 Å². The van der Waals surface area contributed by atoms with Gasteiger partial charge in [0.2, 0.25) is 0 Å². The fourth-order valence-electron chi connectivity index (χ4n) is 3.62. The first kappa shape index (κ1) is 20.1. The Morgan fingerprint density at radius 2 is 2.07 bits per heavy atom. The summed E-state index contributed by atoms with van der Waals surface area (Å²) in [6.07, 6.45) is 4.88. The molecule has 0 aromatic carbocycles. The maximum atomic E-state index is 12.9. The third-order valence-electron chi connectivity index (χ3n) is 5.42. The molecule has 0 aliphatic heterocycles. The average Bonchev–Trinajstić information content (AvgIpc) is 3.22. The summed E-state index contributed by atoms with van der Waals surface area (Å²) in [6.45, 7) is 9.18. The smallest absolute Gasteiger partial charge is 0.278 e. The molecule has 0 saturated carbocycles. The third-order valence-corrected chi connectivity index (χ3v) is 5.42. The molecule has 8 nitrogen and oxygen atoms in total. The minimum Gasteiger partial charge on any atom is -0.360 e. The van der Waals surface area contributed by atoms with Crippen molar-refractivity contribution in [2.75, 3.05) is 11.9 Å². The summed E-state index contributed by atoms with van der Waals surface area (Å²) in [5.41, 5.74) is 2.00. The highest BCUT2D eigenvalue weighted by molar-refractivity contribution is 6.08. The highest BCUT2D eigenvalue weighted by Gasteiger charge is 2.34. The van der Waals surface area contributed by atoms with Gasteiger partial charge in [0, 0.05) is 25.6 Å². The maximum Gasteiger partial charge on any atom is 0.278 e. The fraction of sp³-hybridized carbons (Fsp3) is 0.600. The van der Waals surface area contributed by atoms with E-state index in [0.717, 1.165) is 37.0 Å². The zero-order valence-electron chi connectivity index (χ0n) is 17.3.